The van der Waals surface area contributed by atoms with E-state index < -0.39 is 6.29 Å². The molecule has 2 aliphatic rings. The third kappa shape index (κ3) is 7.19. The van der Waals surface area contributed by atoms with Crippen LogP contribution in [0.2, 0.25) is 0 Å². The van der Waals surface area contributed by atoms with Crippen LogP contribution in [0.3, 0.4) is 0 Å². The number of nitrogen functional groups attached to an aromatic ring is 1. The van der Waals surface area contributed by atoms with Crippen LogP contribution in [-0.4, -0.2) is 43.0 Å². The normalized spacial score (nSPS) is 17.0. The van der Waals surface area contributed by atoms with Gasteiger partial charge in [-0.05, 0) is 78.1 Å². The minimum atomic E-state index is -0.562. The maximum atomic E-state index is 13.2. The molecule has 3 aromatic carbocycles. The number of aliphatic hydroxyl groups is 1. The standard InChI is InChI=1S/C34H39N3O5/c35-29-14-3-4-15-30(29)37-32(39)16-5-6-17-36-34(40)31-21-24(22-33(42-31)41-19-8-7-18-38)26-12-9-13-27-25-11-2-1-10-23(25)20-28(26)27/h1-4,9-15,21,24,33,38H,5-8,16-20,22,35H2,(H,36,40)(H,37,39)/t24-,33+/m1/s1. The van der Waals surface area contributed by atoms with E-state index in [1.807, 2.05) is 18.2 Å². The number of hydrogen-bond acceptors (Lipinski definition) is 6. The molecule has 1 aliphatic heterocycles. The quantitative estimate of drug-likeness (QED) is 0.129. The maximum absolute atomic E-state index is 13.2. The Morgan fingerprint density at radius 3 is 2.62 bits per heavy atom. The predicted molar refractivity (Wildman–Crippen MR) is 164 cm³/mol. The van der Waals surface area contributed by atoms with Gasteiger partial charge in [-0.1, -0.05) is 54.6 Å². The molecule has 3 aromatic rings. The molecule has 1 aliphatic carbocycles. The van der Waals surface area contributed by atoms with Crippen molar-refractivity contribution in [1.29, 1.82) is 0 Å². The van der Waals surface area contributed by atoms with Crippen molar-refractivity contribution in [2.75, 3.05) is 30.8 Å². The summed E-state index contributed by atoms with van der Waals surface area (Å²) in [4.78, 5) is 25.5. The SMILES string of the molecule is Nc1ccccc1NC(=O)CCCCNC(=O)C1=C[C@@H](c2cccc3c2Cc2ccccc2-3)C[C@@H](OCCCCO)O1. The summed E-state index contributed by atoms with van der Waals surface area (Å²) in [7, 11) is 0. The van der Waals surface area contributed by atoms with Gasteiger partial charge >= 0.3 is 0 Å². The average Bonchev–Trinajstić information content (AvgIpc) is 3.39. The summed E-state index contributed by atoms with van der Waals surface area (Å²) in [5.74, 6) is -0.190. The molecular formula is C34H39N3O5. The number of allylic oxidation sites excluding steroid dienone is 1. The average molecular weight is 570 g/mol. The van der Waals surface area contributed by atoms with Crippen molar-refractivity contribution in [2.24, 2.45) is 0 Å². The van der Waals surface area contributed by atoms with Gasteiger partial charge in [-0.15, -0.1) is 0 Å². The van der Waals surface area contributed by atoms with E-state index in [-0.39, 0.29) is 30.1 Å². The Kier molecular flexibility index (Phi) is 9.90. The van der Waals surface area contributed by atoms with E-state index in [9.17, 15) is 9.59 Å². The topological polar surface area (TPSA) is 123 Å². The van der Waals surface area contributed by atoms with Gasteiger partial charge in [0.2, 0.25) is 12.2 Å². The Labute approximate surface area is 246 Å². The number of anilines is 2. The molecule has 8 nitrogen and oxygen atoms in total. The molecule has 5 N–H and O–H groups in total. The Morgan fingerprint density at radius 1 is 0.952 bits per heavy atom. The van der Waals surface area contributed by atoms with Crippen molar-refractivity contribution in [1.82, 2.24) is 5.32 Å². The summed E-state index contributed by atoms with van der Waals surface area (Å²) in [5, 5.41) is 14.9. The van der Waals surface area contributed by atoms with E-state index in [0.717, 1.165) is 6.42 Å². The zero-order valence-electron chi connectivity index (χ0n) is 23.8. The fourth-order valence-electron chi connectivity index (χ4n) is 5.62. The molecule has 0 aromatic heterocycles. The highest BCUT2D eigenvalue weighted by Gasteiger charge is 2.31. The molecule has 0 spiro atoms. The molecule has 0 radical (unpaired) electrons. The number of rotatable bonds is 13. The van der Waals surface area contributed by atoms with Gasteiger partial charge in [0.05, 0.1) is 18.0 Å². The van der Waals surface area contributed by atoms with Crippen LogP contribution in [-0.2, 0) is 25.5 Å². The Bertz CT molecular complexity index is 1440. The van der Waals surface area contributed by atoms with Gasteiger partial charge in [-0.25, -0.2) is 0 Å². The lowest BCUT2D eigenvalue weighted by Crippen LogP contribution is -2.33. The Hall–Kier alpha value is -4.14. The third-order valence-electron chi connectivity index (χ3n) is 7.77. The van der Waals surface area contributed by atoms with Crippen LogP contribution < -0.4 is 16.4 Å². The fraction of sp³-hybridized carbons (Fsp3) is 0.353. The number of carbonyl (C=O) groups is 2. The molecule has 5 rings (SSSR count). The summed E-state index contributed by atoms with van der Waals surface area (Å²) in [6.45, 7) is 0.981. The van der Waals surface area contributed by atoms with Crippen LogP contribution in [0, 0.1) is 0 Å². The monoisotopic (exact) mass is 569 g/mol. The Balaban J connectivity index is 1.20. The zero-order chi connectivity index (χ0) is 29.3. The number of para-hydroxylation sites is 2. The molecule has 0 saturated carbocycles. The lowest BCUT2D eigenvalue weighted by Gasteiger charge is -2.30. The van der Waals surface area contributed by atoms with Crippen LogP contribution in [0.5, 0.6) is 0 Å². The maximum Gasteiger partial charge on any atom is 0.286 e. The van der Waals surface area contributed by atoms with Gasteiger partial charge in [0.25, 0.3) is 5.91 Å². The number of hydrogen-bond donors (Lipinski definition) is 4. The molecule has 1 heterocycles. The number of aliphatic hydroxyl groups excluding tert-OH is 1. The van der Waals surface area contributed by atoms with Crippen molar-refractivity contribution < 1.29 is 24.2 Å². The van der Waals surface area contributed by atoms with E-state index in [2.05, 4.69) is 53.1 Å². The first kappa shape index (κ1) is 29.4. The van der Waals surface area contributed by atoms with E-state index in [0.29, 0.717) is 63.1 Å². The lowest BCUT2D eigenvalue weighted by atomic mass is 9.87. The number of amides is 2. The first-order valence-corrected chi connectivity index (χ1v) is 14.8. The Morgan fingerprint density at radius 2 is 1.76 bits per heavy atom. The van der Waals surface area contributed by atoms with Crippen LogP contribution >= 0.6 is 0 Å². The van der Waals surface area contributed by atoms with Gasteiger partial charge in [0.1, 0.15) is 0 Å². The molecule has 220 valence electrons. The van der Waals surface area contributed by atoms with E-state index in [1.165, 1.54) is 27.8 Å². The highest BCUT2D eigenvalue weighted by molar-refractivity contribution is 5.94. The van der Waals surface area contributed by atoms with Gasteiger partial charge < -0.3 is 30.9 Å². The molecule has 42 heavy (non-hydrogen) atoms. The third-order valence-corrected chi connectivity index (χ3v) is 7.77. The van der Waals surface area contributed by atoms with Crippen LogP contribution in [0.15, 0.2) is 78.6 Å². The number of nitrogens with one attached hydrogen (secondary N) is 2. The number of nitrogens with two attached hydrogens (primary N) is 1. The molecule has 0 bridgehead atoms. The van der Waals surface area contributed by atoms with Crippen molar-refractivity contribution in [2.45, 2.75) is 57.2 Å². The molecule has 0 unspecified atom stereocenters. The number of benzene rings is 3. The first-order valence-electron chi connectivity index (χ1n) is 14.8. The van der Waals surface area contributed by atoms with Crippen molar-refractivity contribution in [3.63, 3.8) is 0 Å². The van der Waals surface area contributed by atoms with Gasteiger partial charge in [0.15, 0.2) is 5.76 Å². The van der Waals surface area contributed by atoms with E-state index >= 15 is 0 Å². The summed E-state index contributed by atoms with van der Waals surface area (Å²) >= 11 is 0. The summed E-state index contributed by atoms with van der Waals surface area (Å²) in [5.41, 5.74) is 13.3. The van der Waals surface area contributed by atoms with Crippen molar-refractivity contribution in [3.05, 3.63) is 95.3 Å². The molecule has 8 heteroatoms. The lowest BCUT2D eigenvalue weighted by molar-refractivity contribution is -0.146. The second-order valence-corrected chi connectivity index (χ2v) is 10.8. The zero-order valence-corrected chi connectivity index (χ0v) is 23.8. The molecular weight excluding hydrogens is 530 g/mol. The van der Waals surface area contributed by atoms with Crippen LogP contribution in [0.1, 0.15) is 61.1 Å². The van der Waals surface area contributed by atoms with Gasteiger partial charge in [-0.3, -0.25) is 9.59 Å². The molecule has 2 atom stereocenters. The van der Waals surface area contributed by atoms with Gasteiger partial charge in [-0.2, -0.15) is 0 Å². The van der Waals surface area contributed by atoms with Crippen LogP contribution in [0.4, 0.5) is 11.4 Å². The second kappa shape index (κ2) is 14.2. The highest BCUT2D eigenvalue weighted by Crippen LogP contribution is 2.42. The first-order chi connectivity index (χ1) is 20.5. The highest BCUT2D eigenvalue weighted by atomic mass is 16.7. The number of fused-ring (bicyclic) bond motifs is 3. The van der Waals surface area contributed by atoms with Crippen molar-refractivity contribution in [3.8, 4) is 11.1 Å². The van der Waals surface area contributed by atoms with E-state index in [4.69, 9.17) is 20.3 Å². The van der Waals surface area contributed by atoms with Gasteiger partial charge in [0, 0.05) is 31.9 Å². The van der Waals surface area contributed by atoms with Crippen molar-refractivity contribution >= 4 is 23.2 Å². The number of ether oxygens (including phenoxy) is 2. The largest absolute Gasteiger partial charge is 0.459 e. The van der Waals surface area contributed by atoms with E-state index in [1.54, 1.807) is 12.1 Å². The fourth-order valence-corrected chi connectivity index (χ4v) is 5.62. The molecule has 0 saturated heterocycles. The number of unbranched alkanes of at least 4 members (excludes halogenated alkanes) is 2. The number of carbonyl (C=O) groups excluding carboxylic acids is 2. The molecule has 0 fully saturated rings. The second-order valence-electron chi connectivity index (χ2n) is 10.8. The summed E-state index contributed by atoms with van der Waals surface area (Å²) in [6.07, 6.45) is 5.78. The summed E-state index contributed by atoms with van der Waals surface area (Å²) < 4.78 is 12.0. The summed E-state index contributed by atoms with van der Waals surface area (Å²) in [6, 6.07) is 22.0. The van der Waals surface area contributed by atoms with Crippen LogP contribution in [0.25, 0.3) is 11.1 Å². The smallest absolute Gasteiger partial charge is 0.286 e. The predicted octanol–water partition coefficient (Wildman–Crippen LogP) is 5.27. The minimum absolute atomic E-state index is 0.0410. The molecule has 2 amide bonds. The minimum Gasteiger partial charge on any atom is -0.459 e.